The molecule has 0 aliphatic rings. The molecular formula is C11H15FN2O2S. The first-order valence-corrected chi connectivity index (χ1v) is 6.59. The molecule has 1 atom stereocenters. The Morgan fingerprint density at radius 3 is 2.88 bits per heavy atom. The lowest BCUT2D eigenvalue weighted by atomic mass is 10.2. The van der Waals surface area contributed by atoms with E-state index in [-0.39, 0.29) is 6.04 Å². The largest absolute Gasteiger partial charge is 0.309 e. The summed E-state index contributed by atoms with van der Waals surface area (Å²) in [5, 5.41) is 13.7. The lowest BCUT2D eigenvalue weighted by Gasteiger charge is -2.12. The summed E-state index contributed by atoms with van der Waals surface area (Å²) in [6, 6.07) is 4.46. The van der Waals surface area contributed by atoms with E-state index in [1.54, 1.807) is 17.8 Å². The molecule has 0 bridgehead atoms. The monoisotopic (exact) mass is 258 g/mol. The first-order valence-electron chi connectivity index (χ1n) is 5.20. The molecule has 0 spiro atoms. The van der Waals surface area contributed by atoms with Crippen LogP contribution >= 0.6 is 11.8 Å². The number of nitrogens with zero attached hydrogens (tertiary/aromatic N) is 1. The highest BCUT2D eigenvalue weighted by Gasteiger charge is 2.17. The highest BCUT2D eigenvalue weighted by molar-refractivity contribution is 7.98. The molecule has 0 heterocycles. The fourth-order valence-electron chi connectivity index (χ4n) is 1.44. The first-order chi connectivity index (χ1) is 8.06. The van der Waals surface area contributed by atoms with Gasteiger partial charge in [-0.3, -0.25) is 10.1 Å². The molecule has 17 heavy (non-hydrogen) atoms. The number of benzene rings is 1. The molecule has 1 N–H and O–H groups in total. The Labute approximate surface area is 104 Å². The smallest absolute Gasteiger partial charge is 0.305 e. The highest BCUT2D eigenvalue weighted by Crippen LogP contribution is 2.20. The van der Waals surface area contributed by atoms with Crippen LogP contribution in [0.1, 0.15) is 12.5 Å². The standard InChI is InChI=1S/C11H15FN2O2S/c1-8(7-17-2)13-6-9-4-3-5-10(11(9)12)14(15)16/h3-5,8,13H,6-7H2,1-2H3. The van der Waals surface area contributed by atoms with Crippen LogP contribution in [0.25, 0.3) is 0 Å². The number of hydrogen-bond acceptors (Lipinski definition) is 4. The van der Waals surface area contributed by atoms with E-state index in [1.807, 2.05) is 13.2 Å². The Bertz CT molecular complexity index is 401. The second kappa shape index (κ2) is 6.56. The van der Waals surface area contributed by atoms with E-state index < -0.39 is 16.4 Å². The van der Waals surface area contributed by atoms with Gasteiger partial charge in [-0.1, -0.05) is 12.1 Å². The Kier molecular flexibility index (Phi) is 5.37. The number of thioether (sulfide) groups is 1. The van der Waals surface area contributed by atoms with E-state index in [9.17, 15) is 14.5 Å². The van der Waals surface area contributed by atoms with Crippen molar-refractivity contribution in [2.24, 2.45) is 0 Å². The summed E-state index contributed by atoms with van der Waals surface area (Å²) < 4.78 is 13.7. The van der Waals surface area contributed by atoms with Gasteiger partial charge in [-0.2, -0.15) is 16.2 Å². The van der Waals surface area contributed by atoms with Gasteiger partial charge >= 0.3 is 5.69 Å². The predicted molar refractivity (Wildman–Crippen MR) is 67.7 cm³/mol. The zero-order valence-corrected chi connectivity index (χ0v) is 10.6. The Balaban J connectivity index is 2.72. The fraction of sp³-hybridized carbons (Fsp3) is 0.455. The maximum absolute atomic E-state index is 13.7. The average Bonchev–Trinajstić information content (AvgIpc) is 2.27. The van der Waals surface area contributed by atoms with Crippen LogP contribution in [0.3, 0.4) is 0 Å². The number of rotatable bonds is 6. The molecule has 0 aliphatic heterocycles. The molecule has 1 aromatic rings. The van der Waals surface area contributed by atoms with Gasteiger partial charge in [-0.15, -0.1) is 0 Å². The third kappa shape index (κ3) is 3.98. The topological polar surface area (TPSA) is 55.2 Å². The third-order valence-electron chi connectivity index (χ3n) is 2.31. The number of halogens is 1. The van der Waals surface area contributed by atoms with Crippen molar-refractivity contribution in [1.82, 2.24) is 5.32 Å². The molecule has 0 aromatic heterocycles. The molecule has 0 radical (unpaired) electrons. The molecule has 1 unspecified atom stereocenters. The zero-order valence-electron chi connectivity index (χ0n) is 9.77. The second-order valence-corrected chi connectivity index (χ2v) is 4.66. The van der Waals surface area contributed by atoms with Crippen LogP contribution in [0.4, 0.5) is 10.1 Å². The molecule has 0 fully saturated rings. The zero-order chi connectivity index (χ0) is 12.8. The van der Waals surface area contributed by atoms with Gasteiger partial charge in [-0.25, -0.2) is 0 Å². The van der Waals surface area contributed by atoms with Crippen LogP contribution in [0.15, 0.2) is 18.2 Å². The van der Waals surface area contributed by atoms with Crippen molar-refractivity contribution >= 4 is 17.4 Å². The van der Waals surface area contributed by atoms with E-state index >= 15 is 0 Å². The van der Waals surface area contributed by atoms with Crippen molar-refractivity contribution in [1.29, 1.82) is 0 Å². The third-order valence-corrected chi connectivity index (χ3v) is 3.15. The van der Waals surface area contributed by atoms with E-state index in [1.165, 1.54) is 12.1 Å². The number of nitro groups is 1. The minimum absolute atomic E-state index is 0.240. The predicted octanol–water partition coefficient (Wildman–Crippen LogP) is 2.58. The van der Waals surface area contributed by atoms with Crippen molar-refractivity contribution in [3.63, 3.8) is 0 Å². The van der Waals surface area contributed by atoms with Crippen molar-refractivity contribution in [2.45, 2.75) is 19.5 Å². The maximum Gasteiger partial charge on any atom is 0.305 e. The number of nitrogens with one attached hydrogen (secondary N) is 1. The van der Waals surface area contributed by atoms with E-state index in [0.717, 1.165) is 5.75 Å². The molecule has 0 saturated heterocycles. The van der Waals surface area contributed by atoms with Crippen LogP contribution in [0.2, 0.25) is 0 Å². The van der Waals surface area contributed by atoms with Gasteiger partial charge in [0.1, 0.15) is 0 Å². The lowest BCUT2D eigenvalue weighted by Crippen LogP contribution is -2.28. The van der Waals surface area contributed by atoms with Gasteiger partial charge in [0.05, 0.1) is 4.92 Å². The van der Waals surface area contributed by atoms with Crippen LogP contribution in [-0.2, 0) is 6.54 Å². The Hall–Kier alpha value is -1.14. The quantitative estimate of drug-likeness (QED) is 0.629. The Morgan fingerprint density at radius 2 is 2.29 bits per heavy atom. The summed E-state index contributed by atoms with van der Waals surface area (Å²) in [6.07, 6.45) is 1.99. The lowest BCUT2D eigenvalue weighted by molar-refractivity contribution is -0.387. The molecule has 6 heteroatoms. The summed E-state index contributed by atoms with van der Waals surface area (Å²) in [7, 11) is 0. The minimum Gasteiger partial charge on any atom is -0.309 e. The van der Waals surface area contributed by atoms with Crippen molar-refractivity contribution in [3.8, 4) is 0 Å². The van der Waals surface area contributed by atoms with E-state index in [2.05, 4.69) is 5.32 Å². The van der Waals surface area contributed by atoms with Gasteiger partial charge in [0.2, 0.25) is 5.82 Å². The molecule has 4 nitrogen and oxygen atoms in total. The minimum atomic E-state index is -0.749. The van der Waals surface area contributed by atoms with Crippen LogP contribution in [0, 0.1) is 15.9 Å². The number of hydrogen-bond donors (Lipinski definition) is 1. The summed E-state index contributed by atoms with van der Waals surface area (Å²) in [5.41, 5.74) is -0.144. The first kappa shape index (κ1) is 13.9. The fourth-order valence-corrected chi connectivity index (χ4v) is 2.05. The molecular weight excluding hydrogens is 243 g/mol. The summed E-state index contributed by atoms with van der Waals surface area (Å²) >= 11 is 1.69. The highest BCUT2D eigenvalue weighted by atomic mass is 32.2. The molecule has 1 rings (SSSR count). The van der Waals surface area contributed by atoms with Crippen molar-refractivity contribution in [2.75, 3.05) is 12.0 Å². The van der Waals surface area contributed by atoms with Gasteiger partial charge in [0.25, 0.3) is 0 Å². The maximum atomic E-state index is 13.7. The molecule has 0 amide bonds. The van der Waals surface area contributed by atoms with Gasteiger partial charge < -0.3 is 5.32 Å². The van der Waals surface area contributed by atoms with E-state index in [4.69, 9.17) is 0 Å². The van der Waals surface area contributed by atoms with Crippen LogP contribution in [-0.4, -0.2) is 23.0 Å². The molecule has 1 aromatic carbocycles. The van der Waals surface area contributed by atoms with Gasteiger partial charge in [-0.05, 0) is 13.2 Å². The SMILES string of the molecule is CSCC(C)NCc1cccc([N+](=O)[O-])c1F. The van der Waals surface area contributed by atoms with Crippen molar-refractivity contribution in [3.05, 3.63) is 39.7 Å². The van der Waals surface area contributed by atoms with Crippen LogP contribution < -0.4 is 5.32 Å². The molecule has 0 aliphatic carbocycles. The summed E-state index contributed by atoms with van der Waals surface area (Å²) in [5.74, 6) is 0.164. The van der Waals surface area contributed by atoms with Gasteiger partial charge in [0.15, 0.2) is 0 Å². The van der Waals surface area contributed by atoms with Gasteiger partial charge in [0, 0.05) is 30.0 Å². The summed E-state index contributed by atoms with van der Waals surface area (Å²) in [6.45, 7) is 2.29. The van der Waals surface area contributed by atoms with Crippen molar-refractivity contribution < 1.29 is 9.31 Å². The Morgan fingerprint density at radius 1 is 1.59 bits per heavy atom. The second-order valence-electron chi connectivity index (χ2n) is 3.74. The summed E-state index contributed by atoms with van der Waals surface area (Å²) in [4.78, 5) is 9.85. The van der Waals surface area contributed by atoms with Crippen LogP contribution in [0.5, 0.6) is 0 Å². The number of nitro benzene ring substituents is 1. The normalized spacial score (nSPS) is 12.4. The molecule has 0 saturated carbocycles. The average molecular weight is 258 g/mol. The molecule has 94 valence electrons. The van der Waals surface area contributed by atoms with E-state index in [0.29, 0.717) is 12.1 Å².